The van der Waals surface area contributed by atoms with Gasteiger partial charge in [0.2, 0.25) is 0 Å². The van der Waals surface area contributed by atoms with E-state index in [-0.39, 0.29) is 15.9 Å². The molecule has 64 valence electrons. The van der Waals surface area contributed by atoms with Crippen molar-refractivity contribution in [3.63, 3.8) is 0 Å². The van der Waals surface area contributed by atoms with Crippen LogP contribution in [0.1, 0.15) is 0 Å². The van der Waals surface area contributed by atoms with Crippen molar-refractivity contribution < 1.29 is 6.96 Å². The normalized spacial score (nSPS) is 12.9. The first-order chi connectivity index (χ1) is 4.71. The van der Waals surface area contributed by atoms with E-state index >= 15 is 0 Å². The summed E-state index contributed by atoms with van der Waals surface area (Å²) in [5.41, 5.74) is 0. The van der Waals surface area contributed by atoms with Crippen LogP contribution >= 0.6 is 0 Å². The van der Waals surface area contributed by atoms with E-state index in [1.807, 2.05) is 0 Å². The van der Waals surface area contributed by atoms with E-state index < -0.39 is 16.6 Å². The molecule has 0 unspecified atom stereocenters. The summed E-state index contributed by atoms with van der Waals surface area (Å²) in [6.07, 6.45) is 0. The quantitative estimate of drug-likeness (QED) is 0.655. The fourth-order valence-electron chi connectivity index (χ4n) is 0.313. The van der Waals surface area contributed by atoms with Gasteiger partial charge in [0.15, 0.2) is 0 Å². The summed E-state index contributed by atoms with van der Waals surface area (Å²) >= 11 is -0.208. The Bertz CT molecular complexity index is 103. The Hall–Kier alpha value is 0.886. The van der Waals surface area contributed by atoms with E-state index in [1.54, 1.807) is 0 Å². The second kappa shape index (κ2) is 4.22. The van der Waals surface area contributed by atoms with Gasteiger partial charge in [-0.25, -0.2) is 0 Å². The molecular formula is C6H18AlO2Si2+. The molecule has 0 radical (unpaired) electrons. The maximum atomic E-state index is 5.64. The van der Waals surface area contributed by atoms with Gasteiger partial charge in [0.25, 0.3) is 0 Å². The standard InChI is InChI=1S/2C3H9OSi.Al/c2*1-5(2,3)4;/h2*1-3H3;/q2*-1;+3. The molecule has 0 aliphatic rings. The molecule has 0 aliphatic heterocycles. The van der Waals surface area contributed by atoms with Crippen molar-refractivity contribution in [3.8, 4) is 0 Å². The molecule has 2 nitrogen and oxygen atoms in total. The molecule has 0 fully saturated rings. The van der Waals surface area contributed by atoms with E-state index in [9.17, 15) is 0 Å². The maximum absolute atomic E-state index is 5.64. The predicted octanol–water partition coefficient (Wildman–Crippen LogP) is 2.22. The Balaban J connectivity index is 3.44. The number of hydrogen-bond acceptors (Lipinski definition) is 2. The van der Waals surface area contributed by atoms with Crippen molar-refractivity contribution in [2.24, 2.45) is 0 Å². The van der Waals surface area contributed by atoms with Crippen LogP contribution in [0.2, 0.25) is 39.3 Å². The van der Waals surface area contributed by atoms with Gasteiger partial charge in [-0.3, -0.25) is 0 Å². The minimum atomic E-state index is -1.32. The second-order valence-corrected chi connectivity index (χ2v) is 15.1. The zero-order chi connectivity index (χ0) is 9.12. The molecule has 0 saturated heterocycles. The average Bonchev–Trinajstić information content (AvgIpc) is 1.55. The molecule has 11 heavy (non-hydrogen) atoms. The van der Waals surface area contributed by atoms with Gasteiger partial charge in [-0.1, -0.05) is 0 Å². The molecule has 0 heterocycles. The van der Waals surface area contributed by atoms with Gasteiger partial charge >= 0.3 is 78.8 Å². The molecule has 0 atom stereocenters. The monoisotopic (exact) mass is 205 g/mol. The van der Waals surface area contributed by atoms with E-state index in [2.05, 4.69) is 39.3 Å². The zero-order valence-corrected chi connectivity index (χ0v) is 11.5. The topological polar surface area (TPSA) is 18.5 Å². The fourth-order valence-corrected chi connectivity index (χ4v) is 3.25. The second-order valence-electron chi connectivity index (χ2n) is 4.56. The van der Waals surface area contributed by atoms with Crippen LogP contribution in [0.25, 0.3) is 0 Å². The van der Waals surface area contributed by atoms with Gasteiger partial charge in [-0.15, -0.1) is 0 Å². The van der Waals surface area contributed by atoms with Crippen molar-refractivity contribution in [1.29, 1.82) is 0 Å². The summed E-state index contributed by atoms with van der Waals surface area (Å²) in [4.78, 5) is 0. The molecular weight excluding hydrogens is 187 g/mol. The van der Waals surface area contributed by atoms with E-state index in [0.717, 1.165) is 0 Å². The van der Waals surface area contributed by atoms with Crippen LogP contribution in [0.5, 0.6) is 0 Å². The van der Waals surface area contributed by atoms with E-state index in [0.29, 0.717) is 0 Å². The SMILES string of the molecule is C[Si](C)(C)[O][Al+][O][Si](C)(C)C. The van der Waals surface area contributed by atoms with Crippen LogP contribution in [-0.4, -0.2) is 32.5 Å². The molecule has 0 aliphatic carbocycles. The van der Waals surface area contributed by atoms with Gasteiger partial charge in [-0.05, 0) is 0 Å². The number of rotatable bonds is 4. The van der Waals surface area contributed by atoms with Crippen molar-refractivity contribution in [2.45, 2.75) is 39.3 Å². The minimum absolute atomic E-state index is 0.208. The van der Waals surface area contributed by atoms with Crippen LogP contribution in [0.3, 0.4) is 0 Å². The first-order valence-corrected chi connectivity index (χ1v) is 11.6. The third-order valence-corrected chi connectivity index (χ3v) is 7.23. The van der Waals surface area contributed by atoms with Crippen molar-refractivity contribution in [3.05, 3.63) is 0 Å². The Morgan fingerprint density at radius 2 is 1.00 bits per heavy atom. The molecule has 0 spiro atoms. The molecule has 0 aromatic carbocycles. The molecule has 0 bridgehead atoms. The van der Waals surface area contributed by atoms with Crippen LogP contribution in [-0.2, 0) is 6.96 Å². The van der Waals surface area contributed by atoms with Crippen LogP contribution in [0, 0.1) is 0 Å². The molecule has 0 aromatic rings. The molecule has 0 saturated carbocycles. The van der Waals surface area contributed by atoms with Crippen molar-refractivity contribution >= 4 is 32.5 Å². The summed E-state index contributed by atoms with van der Waals surface area (Å²) in [6, 6.07) is 0. The zero-order valence-electron chi connectivity index (χ0n) is 8.39. The molecule has 0 rings (SSSR count). The van der Waals surface area contributed by atoms with Gasteiger partial charge in [0, 0.05) is 0 Å². The Morgan fingerprint density at radius 1 is 0.727 bits per heavy atom. The fraction of sp³-hybridized carbons (Fsp3) is 1.00. The molecule has 0 N–H and O–H groups in total. The van der Waals surface area contributed by atoms with Crippen LogP contribution in [0.15, 0.2) is 0 Å². The van der Waals surface area contributed by atoms with Gasteiger partial charge in [0.05, 0.1) is 0 Å². The summed E-state index contributed by atoms with van der Waals surface area (Å²) < 4.78 is 11.3. The summed E-state index contributed by atoms with van der Waals surface area (Å²) in [5, 5.41) is 0. The first kappa shape index (κ1) is 11.9. The van der Waals surface area contributed by atoms with Crippen molar-refractivity contribution in [1.82, 2.24) is 0 Å². The van der Waals surface area contributed by atoms with Gasteiger partial charge in [0.1, 0.15) is 0 Å². The van der Waals surface area contributed by atoms with E-state index in [4.69, 9.17) is 6.96 Å². The van der Waals surface area contributed by atoms with Crippen LogP contribution in [0.4, 0.5) is 0 Å². The summed E-state index contributed by atoms with van der Waals surface area (Å²) in [6.45, 7) is 13.1. The van der Waals surface area contributed by atoms with E-state index in [1.165, 1.54) is 0 Å². The Labute approximate surface area is 78.9 Å². The van der Waals surface area contributed by atoms with Crippen molar-refractivity contribution in [2.75, 3.05) is 0 Å². The third-order valence-electron chi connectivity index (χ3n) is 0.803. The summed E-state index contributed by atoms with van der Waals surface area (Å²) in [5.74, 6) is 0. The van der Waals surface area contributed by atoms with Gasteiger partial charge < -0.3 is 0 Å². The molecule has 0 amide bonds. The first-order valence-electron chi connectivity index (χ1n) is 3.88. The Kier molecular flexibility index (Phi) is 4.56. The van der Waals surface area contributed by atoms with Crippen LogP contribution < -0.4 is 0 Å². The third kappa shape index (κ3) is 10.9. The summed E-state index contributed by atoms with van der Waals surface area (Å²) in [7, 11) is -2.65. The Morgan fingerprint density at radius 3 is 1.18 bits per heavy atom. The molecule has 5 heteroatoms. The molecule has 0 aromatic heterocycles. The predicted molar refractivity (Wildman–Crippen MR) is 54.6 cm³/mol. The van der Waals surface area contributed by atoms with Gasteiger partial charge in [-0.2, -0.15) is 0 Å². The number of hydrogen-bond donors (Lipinski definition) is 0. The average molecular weight is 205 g/mol.